The van der Waals surface area contributed by atoms with Crippen LogP contribution in [0.5, 0.6) is 0 Å². The first-order valence-electron chi connectivity index (χ1n) is 5.60. The van der Waals surface area contributed by atoms with E-state index in [0.29, 0.717) is 5.92 Å². The topological polar surface area (TPSA) is 54.7 Å². The first-order valence-corrected chi connectivity index (χ1v) is 6.39. The van der Waals surface area contributed by atoms with Crippen molar-refractivity contribution in [2.75, 3.05) is 5.73 Å². The molecule has 1 aromatic carbocycles. The molecule has 0 unspecified atom stereocenters. The van der Waals surface area contributed by atoms with Crippen molar-refractivity contribution < 1.29 is 0 Å². The minimum atomic E-state index is 0.491. The van der Waals surface area contributed by atoms with E-state index in [1.165, 1.54) is 0 Å². The van der Waals surface area contributed by atoms with Gasteiger partial charge >= 0.3 is 0 Å². The molecule has 1 heterocycles. The number of rotatable bonds is 3. The zero-order valence-electron chi connectivity index (χ0n) is 9.55. The summed E-state index contributed by atoms with van der Waals surface area (Å²) in [5.41, 5.74) is 8.55. The molecule has 0 aliphatic carbocycles. The van der Waals surface area contributed by atoms with Crippen LogP contribution in [0.15, 0.2) is 16.6 Å². The highest BCUT2D eigenvalue weighted by molar-refractivity contribution is 9.10. The van der Waals surface area contributed by atoms with E-state index >= 15 is 0 Å². The van der Waals surface area contributed by atoms with Crippen molar-refractivity contribution in [3.8, 4) is 0 Å². The summed E-state index contributed by atoms with van der Waals surface area (Å²) in [5.74, 6) is 1.54. The summed E-state index contributed by atoms with van der Waals surface area (Å²) in [7, 11) is 0. The Morgan fingerprint density at radius 1 is 1.38 bits per heavy atom. The second-order valence-electron chi connectivity index (χ2n) is 4.03. The lowest BCUT2D eigenvalue weighted by atomic mass is 10.0. The summed E-state index contributed by atoms with van der Waals surface area (Å²) in [6.45, 7) is 4.36. The molecule has 16 heavy (non-hydrogen) atoms. The summed E-state index contributed by atoms with van der Waals surface area (Å²) < 4.78 is 0.984. The first kappa shape index (κ1) is 11.5. The SMILES string of the molecule is CCC(CC)c1nc2c(N)cc(Br)cc2[nH]1. The molecule has 3 N–H and O–H groups in total. The Hall–Kier alpha value is -1.03. The Morgan fingerprint density at radius 3 is 2.69 bits per heavy atom. The summed E-state index contributed by atoms with van der Waals surface area (Å²) in [6, 6.07) is 3.91. The Labute approximate surface area is 104 Å². The highest BCUT2D eigenvalue weighted by atomic mass is 79.9. The minimum absolute atomic E-state index is 0.491. The molecule has 2 aromatic rings. The summed E-state index contributed by atoms with van der Waals surface area (Å²) >= 11 is 3.44. The fourth-order valence-corrected chi connectivity index (χ4v) is 2.47. The summed E-state index contributed by atoms with van der Waals surface area (Å²) in [5, 5.41) is 0. The van der Waals surface area contributed by atoms with Crippen LogP contribution >= 0.6 is 15.9 Å². The summed E-state index contributed by atoms with van der Waals surface area (Å²) in [6.07, 6.45) is 2.19. The van der Waals surface area contributed by atoms with E-state index in [1.54, 1.807) is 0 Å². The Balaban J connectivity index is 2.55. The van der Waals surface area contributed by atoms with Crippen LogP contribution < -0.4 is 5.73 Å². The maximum atomic E-state index is 5.94. The molecule has 0 atom stereocenters. The Bertz CT molecular complexity index is 500. The minimum Gasteiger partial charge on any atom is -0.397 e. The third-order valence-electron chi connectivity index (χ3n) is 2.97. The molecule has 0 fully saturated rings. The van der Waals surface area contributed by atoms with Crippen molar-refractivity contribution in [1.82, 2.24) is 9.97 Å². The zero-order valence-corrected chi connectivity index (χ0v) is 11.1. The lowest BCUT2D eigenvalue weighted by Gasteiger charge is -2.07. The van der Waals surface area contributed by atoms with E-state index in [0.717, 1.165) is 39.9 Å². The molecule has 0 bridgehead atoms. The molecule has 0 aliphatic rings. The van der Waals surface area contributed by atoms with Crippen LogP contribution in [0.25, 0.3) is 11.0 Å². The largest absolute Gasteiger partial charge is 0.397 e. The van der Waals surface area contributed by atoms with Gasteiger partial charge in [-0.25, -0.2) is 4.98 Å². The number of aromatic nitrogens is 2. The number of H-pyrrole nitrogens is 1. The van der Waals surface area contributed by atoms with Gasteiger partial charge in [0.2, 0.25) is 0 Å². The normalized spacial score (nSPS) is 11.5. The predicted octanol–water partition coefficient (Wildman–Crippen LogP) is 3.81. The second kappa shape index (κ2) is 4.45. The van der Waals surface area contributed by atoms with Crippen LogP contribution in [0.2, 0.25) is 0 Å². The van der Waals surface area contributed by atoms with Gasteiger partial charge in [-0.15, -0.1) is 0 Å². The Morgan fingerprint density at radius 2 is 2.06 bits per heavy atom. The van der Waals surface area contributed by atoms with E-state index in [9.17, 15) is 0 Å². The predicted molar refractivity (Wildman–Crippen MR) is 71.5 cm³/mol. The highest BCUT2D eigenvalue weighted by Gasteiger charge is 2.13. The van der Waals surface area contributed by atoms with Gasteiger partial charge in [-0.1, -0.05) is 29.8 Å². The number of nitrogens with one attached hydrogen (secondary N) is 1. The number of hydrogen-bond acceptors (Lipinski definition) is 2. The fourth-order valence-electron chi connectivity index (χ4n) is 2.00. The van der Waals surface area contributed by atoms with Gasteiger partial charge in [0, 0.05) is 10.4 Å². The number of halogens is 1. The molecule has 2 rings (SSSR count). The van der Waals surface area contributed by atoms with Crippen molar-refractivity contribution >= 4 is 32.7 Å². The van der Waals surface area contributed by atoms with Gasteiger partial charge in [0.05, 0.1) is 11.2 Å². The van der Waals surface area contributed by atoms with Crippen molar-refractivity contribution in [2.45, 2.75) is 32.6 Å². The molecule has 0 saturated heterocycles. The molecule has 3 nitrogen and oxygen atoms in total. The van der Waals surface area contributed by atoms with Gasteiger partial charge in [0.15, 0.2) is 0 Å². The van der Waals surface area contributed by atoms with Gasteiger partial charge in [-0.2, -0.15) is 0 Å². The highest BCUT2D eigenvalue weighted by Crippen LogP contribution is 2.28. The number of nitrogen functional groups attached to an aromatic ring is 1. The number of aromatic amines is 1. The molecule has 0 radical (unpaired) electrons. The molecule has 0 amide bonds. The van der Waals surface area contributed by atoms with Crippen LogP contribution in [0.3, 0.4) is 0 Å². The number of hydrogen-bond donors (Lipinski definition) is 2. The van der Waals surface area contributed by atoms with Crippen molar-refractivity contribution in [2.24, 2.45) is 0 Å². The number of benzene rings is 1. The maximum Gasteiger partial charge on any atom is 0.112 e. The smallest absolute Gasteiger partial charge is 0.112 e. The van der Waals surface area contributed by atoms with Crippen molar-refractivity contribution in [3.05, 3.63) is 22.4 Å². The molecule has 0 saturated carbocycles. The molecular weight excluding hydrogens is 266 g/mol. The second-order valence-corrected chi connectivity index (χ2v) is 4.94. The van der Waals surface area contributed by atoms with E-state index in [-0.39, 0.29) is 0 Å². The molecule has 0 aliphatic heterocycles. The van der Waals surface area contributed by atoms with Gasteiger partial charge in [0.1, 0.15) is 11.3 Å². The van der Waals surface area contributed by atoms with E-state index in [4.69, 9.17) is 5.73 Å². The maximum absolute atomic E-state index is 5.94. The van der Waals surface area contributed by atoms with Gasteiger partial charge in [-0.3, -0.25) is 0 Å². The quantitative estimate of drug-likeness (QED) is 0.841. The number of nitrogens with two attached hydrogens (primary N) is 1. The molecule has 86 valence electrons. The van der Waals surface area contributed by atoms with E-state index in [2.05, 4.69) is 39.7 Å². The number of nitrogens with zero attached hydrogens (tertiary/aromatic N) is 1. The average molecular weight is 282 g/mol. The number of anilines is 1. The van der Waals surface area contributed by atoms with Crippen LogP contribution in [0, 0.1) is 0 Å². The van der Waals surface area contributed by atoms with Crippen LogP contribution in [-0.2, 0) is 0 Å². The zero-order chi connectivity index (χ0) is 11.7. The monoisotopic (exact) mass is 281 g/mol. The van der Waals surface area contributed by atoms with Crippen LogP contribution in [-0.4, -0.2) is 9.97 Å². The third kappa shape index (κ3) is 1.94. The standard InChI is InChI=1S/C12H16BrN3/c1-3-7(4-2)12-15-10-6-8(13)5-9(14)11(10)16-12/h5-7H,3-4,14H2,1-2H3,(H,15,16). The van der Waals surface area contributed by atoms with Gasteiger partial charge < -0.3 is 10.7 Å². The summed E-state index contributed by atoms with van der Waals surface area (Å²) in [4.78, 5) is 7.95. The lowest BCUT2D eigenvalue weighted by Crippen LogP contribution is -1.97. The fraction of sp³-hybridized carbons (Fsp3) is 0.417. The van der Waals surface area contributed by atoms with Gasteiger partial charge in [0.25, 0.3) is 0 Å². The lowest BCUT2D eigenvalue weighted by molar-refractivity contribution is 0.611. The molecule has 4 heteroatoms. The molecular formula is C12H16BrN3. The van der Waals surface area contributed by atoms with Crippen molar-refractivity contribution in [3.63, 3.8) is 0 Å². The number of fused-ring (bicyclic) bond motifs is 1. The van der Waals surface area contributed by atoms with E-state index in [1.807, 2.05) is 12.1 Å². The van der Waals surface area contributed by atoms with Crippen molar-refractivity contribution in [1.29, 1.82) is 0 Å². The molecule has 0 spiro atoms. The third-order valence-corrected chi connectivity index (χ3v) is 3.43. The van der Waals surface area contributed by atoms with Crippen LogP contribution in [0.4, 0.5) is 5.69 Å². The van der Waals surface area contributed by atoms with Crippen LogP contribution in [0.1, 0.15) is 38.4 Å². The Kier molecular flexibility index (Phi) is 3.19. The number of imidazole rings is 1. The first-order chi connectivity index (χ1) is 7.65. The molecule has 1 aromatic heterocycles. The average Bonchev–Trinajstić information content (AvgIpc) is 2.63. The van der Waals surface area contributed by atoms with E-state index < -0.39 is 0 Å². The van der Waals surface area contributed by atoms with Gasteiger partial charge in [-0.05, 0) is 25.0 Å².